The van der Waals surface area contributed by atoms with E-state index >= 15 is 0 Å². The smallest absolute Gasteiger partial charge is 0.333 e. The Balaban J connectivity index is -0.000000369. The Morgan fingerprint density at radius 1 is 0.909 bits per heavy atom. The third kappa shape index (κ3) is 28.8. The van der Waals surface area contributed by atoms with E-state index in [0.29, 0.717) is 37.6 Å². The van der Waals surface area contributed by atoms with Crippen molar-refractivity contribution in [3.8, 4) is 0 Å². The molecular formula is C24H38O9. The summed E-state index contributed by atoms with van der Waals surface area (Å²) in [5.41, 5.74) is 0.864. The van der Waals surface area contributed by atoms with Crippen LogP contribution in [0.4, 0.5) is 0 Å². The second-order valence-electron chi connectivity index (χ2n) is 6.29. The second kappa shape index (κ2) is 23.5. The maximum atomic E-state index is 10.7. The normalized spacial score (nSPS) is 12.2. The number of ether oxygens (including phenoxy) is 5. The van der Waals surface area contributed by atoms with E-state index in [4.69, 9.17) is 9.47 Å². The van der Waals surface area contributed by atoms with E-state index in [1.54, 1.807) is 20.8 Å². The van der Waals surface area contributed by atoms with Crippen LogP contribution in [0.25, 0.3) is 0 Å². The van der Waals surface area contributed by atoms with Gasteiger partial charge >= 0.3 is 23.9 Å². The average Bonchev–Trinajstić information content (AvgIpc) is 3.62. The lowest BCUT2D eigenvalue weighted by atomic mass is 10.4. The van der Waals surface area contributed by atoms with Crippen molar-refractivity contribution in [1.29, 1.82) is 0 Å². The molecule has 0 aromatic rings. The van der Waals surface area contributed by atoms with Crippen molar-refractivity contribution in [1.82, 2.24) is 0 Å². The summed E-state index contributed by atoms with van der Waals surface area (Å²) < 4.78 is 23.0. The lowest BCUT2D eigenvalue weighted by molar-refractivity contribution is -0.139. The summed E-state index contributed by atoms with van der Waals surface area (Å²) in [7, 11) is 1.33. The number of carbonyl (C=O) groups excluding carboxylic acids is 4. The summed E-state index contributed by atoms with van der Waals surface area (Å²) in [6, 6.07) is 0. The molecule has 0 spiro atoms. The summed E-state index contributed by atoms with van der Waals surface area (Å²) in [5, 5.41) is 0. The largest absolute Gasteiger partial charge is 0.466 e. The fourth-order valence-electron chi connectivity index (χ4n) is 1.21. The van der Waals surface area contributed by atoms with Gasteiger partial charge < -0.3 is 23.7 Å². The number of epoxide rings is 1. The van der Waals surface area contributed by atoms with E-state index in [1.807, 2.05) is 6.92 Å². The number of rotatable bonds is 10. The highest BCUT2D eigenvalue weighted by atomic mass is 16.6. The minimum absolute atomic E-state index is 0.142. The highest BCUT2D eigenvalue weighted by Gasteiger charge is 2.24. The number of hydrogen-bond acceptors (Lipinski definition) is 9. The molecule has 0 bridgehead atoms. The molecule has 9 nitrogen and oxygen atoms in total. The number of unbranched alkanes of at least 4 members (excludes halogenated alkanes) is 1. The molecule has 1 rings (SSSR count). The van der Waals surface area contributed by atoms with Crippen LogP contribution in [0.2, 0.25) is 0 Å². The lowest BCUT2D eigenvalue weighted by Crippen LogP contribution is -2.09. The lowest BCUT2D eigenvalue weighted by Gasteiger charge is -1.99. The minimum atomic E-state index is -0.359. The Kier molecular flexibility index (Phi) is 24.5. The Morgan fingerprint density at radius 3 is 1.67 bits per heavy atom. The van der Waals surface area contributed by atoms with E-state index in [9.17, 15) is 19.2 Å². The zero-order valence-corrected chi connectivity index (χ0v) is 20.5. The van der Waals surface area contributed by atoms with Crippen molar-refractivity contribution in [2.45, 2.75) is 46.6 Å². The molecule has 1 fully saturated rings. The van der Waals surface area contributed by atoms with Crippen LogP contribution in [0.3, 0.4) is 0 Å². The molecule has 1 atom stereocenters. The van der Waals surface area contributed by atoms with Crippen LogP contribution in [0, 0.1) is 0 Å². The molecule has 33 heavy (non-hydrogen) atoms. The molecule has 9 heteroatoms. The molecule has 0 N–H and O–H groups in total. The molecule has 1 heterocycles. The van der Waals surface area contributed by atoms with E-state index < -0.39 is 0 Å². The Bertz CT molecular complexity index is 644. The van der Waals surface area contributed by atoms with E-state index in [2.05, 4.69) is 40.5 Å². The van der Waals surface area contributed by atoms with Gasteiger partial charge in [-0.15, -0.1) is 0 Å². The number of hydrogen-bond donors (Lipinski definition) is 0. The van der Waals surface area contributed by atoms with Crippen LogP contribution < -0.4 is 0 Å². The highest BCUT2D eigenvalue weighted by Crippen LogP contribution is 2.09. The molecule has 188 valence electrons. The molecule has 1 saturated heterocycles. The van der Waals surface area contributed by atoms with Crippen LogP contribution in [-0.4, -0.2) is 63.5 Å². The SMILES string of the molecule is C=C(C)C(=O)OC.C=C(C)C(=O)OCC1CO1.C=CC(=O)OCC.C=CC(=O)OCCCC. The zero-order valence-electron chi connectivity index (χ0n) is 20.5. The summed E-state index contributed by atoms with van der Waals surface area (Å²) in [4.78, 5) is 41.3. The van der Waals surface area contributed by atoms with Gasteiger partial charge in [-0.2, -0.15) is 0 Å². The van der Waals surface area contributed by atoms with Gasteiger partial charge in [0.1, 0.15) is 12.7 Å². The molecule has 0 radical (unpaired) electrons. The average molecular weight is 471 g/mol. The van der Waals surface area contributed by atoms with Gasteiger partial charge in [0.05, 0.1) is 26.9 Å². The molecule has 1 aliphatic heterocycles. The topological polar surface area (TPSA) is 118 Å². The van der Waals surface area contributed by atoms with Crippen molar-refractivity contribution in [3.63, 3.8) is 0 Å². The fourth-order valence-corrected chi connectivity index (χ4v) is 1.21. The molecular weight excluding hydrogens is 432 g/mol. The first kappa shape index (κ1) is 34.4. The number of methoxy groups -OCH3 is 1. The Labute approximate surface area is 197 Å². The minimum Gasteiger partial charge on any atom is -0.466 e. The summed E-state index contributed by atoms with van der Waals surface area (Å²) in [6.45, 7) is 22.3. The Morgan fingerprint density at radius 2 is 1.39 bits per heavy atom. The first-order valence-electron chi connectivity index (χ1n) is 10.3. The van der Waals surface area contributed by atoms with Gasteiger partial charge in [0, 0.05) is 23.3 Å². The van der Waals surface area contributed by atoms with Crippen molar-refractivity contribution in [3.05, 3.63) is 49.6 Å². The van der Waals surface area contributed by atoms with Crippen LogP contribution in [0.5, 0.6) is 0 Å². The highest BCUT2D eigenvalue weighted by molar-refractivity contribution is 5.87. The predicted octanol–water partition coefficient (Wildman–Crippen LogP) is 3.49. The van der Waals surface area contributed by atoms with Gasteiger partial charge in [0.25, 0.3) is 0 Å². The first-order valence-corrected chi connectivity index (χ1v) is 10.3. The number of esters is 4. The van der Waals surface area contributed by atoms with Gasteiger partial charge in [0.15, 0.2) is 0 Å². The summed E-state index contributed by atoms with van der Waals surface area (Å²) >= 11 is 0. The second-order valence-corrected chi connectivity index (χ2v) is 6.29. The first-order chi connectivity index (χ1) is 15.5. The van der Waals surface area contributed by atoms with Crippen LogP contribution in [0.1, 0.15) is 40.5 Å². The standard InChI is InChI=1S/C7H10O3.C7H12O2.2C5H8O2/c1-5(2)7(8)10-4-6-3-9-6;1-3-5-6-9-7(8)4-2;1-4(2)5(6)7-3;1-3-5(6)7-4-2/h6H,1,3-4H2,2H3;4H,2-3,5-6H2,1H3;1H2,2-3H3;3H,1,4H2,2H3. The molecule has 0 aromatic heterocycles. The predicted molar refractivity (Wildman–Crippen MR) is 125 cm³/mol. The summed E-state index contributed by atoms with van der Waals surface area (Å²) in [5.74, 6) is -1.37. The molecule has 0 aromatic carbocycles. The van der Waals surface area contributed by atoms with Gasteiger partial charge in [-0.25, -0.2) is 19.2 Å². The number of carbonyl (C=O) groups is 4. The summed E-state index contributed by atoms with van der Waals surface area (Å²) in [6.07, 6.45) is 4.44. The van der Waals surface area contributed by atoms with Crippen LogP contribution >= 0.6 is 0 Å². The fraction of sp³-hybridized carbons (Fsp3) is 0.500. The van der Waals surface area contributed by atoms with E-state index in [-0.39, 0.29) is 30.0 Å². The quantitative estimate of drug-likeness (QED) is 0.155. The third-order valence-electron chi connectivity index (χ3n) is 3.05. The molecule has 1 aliphatic rings. The van der Waals surface area contributed by atoms with Gasteiger partial charge in [-0.1, -0.05) is 39.7 Å². The Hall–Kier alpha value is -3.20. The van der Waals surface area contributed by atoms with Crippen LogP contribution in [-0.2, 0) is 42.9 Å². The molecule has 0 amide bonds. The zero-order chi connectivity index (χ0) is 26.2. The van der Waals surface area contributed by atoms with Crippen molar-refractivity contribution >= 4 is 23.9 Å². The van der Waals surface area contributed by atoms with Gasteiger partial charge in [0.2, 0.25) is 0 Å². The van der Waals surface area contributed by atoms with Gasteiger partial charge in [-0.05, 0) is 27.2 Å². The molecule has 0 saturated carbocycles. The maximum Gasteiger partial charge on any atom is 0.333 e. The van der Waals surface area contributed by atoms with Crippen molar-refractivity contribution in [2.75, 3.05) is 33.5 Å². The monoisotopic (exact) mass is 470 g/mol. The van der Waals surface area contributed by atoms with Crippen molar-refractivity contribution < 1.29 is 42.9 Å². The van der Waals surface area contributed by atoms with E-state index in [0.717, 1.165) is 18.9 Å². The third-order valence-corrected chi connectivity index (χ3v) is 3.05. The van der Waals surface area contributed by atoms with E-state index in [1.165, 1.54) is 13.2 Å². The molecule has 0 aliphatic carbocycles. The van der Waals surface area contributed by atoms with Crippen molar-refractivity contribution in [2.24, 2.45) is 0 Å². The maximum absolute atomic E-state index is 10.7. The van der Waals surface area contributed by atoms with Crippen LogP contribution in [0.15, 0.2) is 49.6 Å². The van der Waals surface area contributed by atoms with Gasteiger partial charge in [-0.3, -0.25) is 0 Å². The molecule has 1 unspecified atom stereocenters.